The van der Waals surface area contributed by atoms with Gasteiger partial charge in [-0.05, 0) is 33.6 Å². The van der Waals surface area contributed by atoms with Gasteiger partial charge in [-0.25, -0.2) is 9.07 Å². The van der Waals surface area contributed by atoms with E-state index in [1.807, 2.05) is 0 Å². The Hall–Kier alpha value is -1.40. The van der Waals surface area contributed by atoms with Crippen LogP contribution in [0.2, 0.25) is 5.02 Å². The first-order valence-electron chi connectivity index (χ1n) is 5.38. The standard InChI is InChI=1S/C12H10BrClFN3O/c1-18-12(19)11(13)10(6-17-18)16-5-7-2-3-9(15)8(14)4-7/h2-4,6,16H,5H2,1H3. The molecular weight excluding hydrogens is 337 g/mol. The summed E-state index contributed by atoms with van der Waals surface area (Å²) in [6, 6.07) is 4.46. The Morgan fingerprint density at radius 2 is 2.26 bits per heavy atom. The maximum Gasteiger partial charge on any atom is 0.282 e. The van der Waals surface area contributed by atoms with E-state index in [1.165, 1.54) is 23.0 Å². The minimum absolute atomic E-state index is 0.0699. The number of nitrogens with one attached hydrogen (secondary N) is 1. The van der Waals surface area contributed by atoms with Crippen molar-refractivity contribution < 1.29 is 4.39 Å². The van der Waals surface area contributed by atoms with Crippen molar-refractivity contribution >= 4 is 33.2 Å². The first kappa shape index (κ1) is 14.0. The summed E-state index contributed by atoms with van der Waals surface area (Å²) in [6.07, 6.45) is 1.54. The Morgan fingerprint density at radius 3 is 2.95 bits per heavy atom. The molecule has 0 aliphatic rings. The molecule has 1 aromatic heterocycles. The third-order valence-electron chi connectivity index (χ3n) is 2.55. The Morgan fingerprint density at radius 1 is 1.53 bits per heavy atom. The van der Waals surface area contributed by atoms with E-state index < -0.39 is 5.82 Å². The van der Waals surface area contributed by atoms with Crippen LogP contribution in [0.3, 0.4) is 0 Å². The Bertz CT molecular complexity index is 675. The number of anilines is 1. The van der Waals surface area contributed by atoms with Gasteiger partial charge in [0.2, 0.25) is 0 Å². The molecule has 0 fully saturated rings. The molecule has 19 heavy (non-hydrogen) atoms. The fraction of sp³-hybridized carbons (Fsp3) is 0.167. The van der Waals surface area contributed by atoms with Gasteiger partial charge in [0.1, 0.15) is 10.3 Å². The van der Waals surface area contributed by atoms with E-state index >= 15 is 0 Å². The Labute approximate surface area is 122 Å². The van der Waals surface area contributed by atoms with Gasteiger partial charge in [0.15, 0.2) is 0 Å². The fourth-order valence-corrected chi connectivity index (χ4v) is 2.18. The zero-order valence-corrected chi connectivity index (χ0v) is 12.3. The molecule has 4 nitrogen and oxygen atoms in total. The smallest absolute Gasteiger partial charge is 0.282 e. The number of benzene rings is 1. The monoisotopic (exact) mass is 345 g/mol. The van der Waals surface area contributed by atoms with Crippen LogP contribution in [0.5, 0.6) is 0 Å². The van der Waals surface area contributed by atoms with Gasteiger partial charge in [0.25, 0.3) is 5.56 Å². The second kappa shape index (κ2) is 5.71. The van der Waals surface area contributed by atoms with Crippen LogP contribution < -0.4 is 10.9 Å². The fourth-order valence-electron chi connectivity index (χ4n) is 1.48. The van der Waals surface area contributed by atoms with E-state index in [2.05, 4.69) is 26.3 Å². The maximum absolute atomic E-state index is 13.0. The lowest BCUT2D eigenvalue weighted by molar-refractivity contribution is 0.627. The van der Waals surface area contributed by atoms with Crippen LogP contribution in [0, 0.1) is 5.82 Å². The lowest BCUT2D eigenvalue weighted by Crippen LogP contribution is -2.21. The molecule has 0 saturated heterocycles. The van der Waals surface area contributed by atoms with Crippen LogP contribution in [0.1, 0.15) is 5.56 Å². The van der Waals surface area contributed by atoms with E-state index in [1.54, 1.807) is 13.1 Å². The van der Waals surface area contributed by atoms with Crippen molar-refractivity contribution in [2.45, 2.75) is 6.54 Å². The van der Waals surface area contributed by atoms with Gasteiger partial charge < -0.3 is 5.32 Å². The van der Waals surface area contributed by atoms with Gasteiger partial charge in [-0.15, -0.1) is 0 Å². The third kappa shape index (κ3) is 3.13. The maximum atomic E-state index is 13.0. The van der Waals surface area contributed by atoms with Crippen LogP contribution in [-0.2, 0) is 13.6 Å². The molecule has 0 radical (unpaired) electrons. The van der Waals surface area contributed by atoms with Crippen molar-refractivity contribution in [3.05, 3.63) is 55.6 Å². The number of aromatic nitrogens is 2. The van der Waals surface area contributed by atoms with Gasteiger partial charge in [0.05, 0.1) is 16.9 Å². The number of rotatable bonds is 3. The summed E-state index contributed by atoms with van der Waals surface area (Å²) < 4.78 is 14.6. The molecule has 2 rings (SSSR count). The van der Waals surface area contributed by atoms with E-state index in [0.29, 0.717) is 16.7 Å². The minimum Gasteiger partial charge on any atom is -0.379 e. The molecule has 0 aliphatic heterocycles. The number of hydrogen-bond donors (Lipinski definition) is 1. The predicted molar refractivity (Wildman–Crippen MR) is 75.9 cm³/mol. The highest BCUT2D eigenvalue weighted by Gasteiger charge is 2.07. The number of nitrogens with zero attached hydrogens (tertiary/aromatic N) is 2. The predicted octanol–water partition coefficient (Wildman–Crippen LogP) is 2.95. The van der Waals surface area contributed by atoms with Crippen molar-refractivity contribution in [2.24, 2.45) is 7.05 Å². The Balaban J connectivity index is 2.17. The second-order valence-corrected chi connectivity index (χ2v) is 5.10. The molecule has 0 aliphatic carbocycles. The number of aryl methyl sites for hydroxylation is 1. The molecule has 1 N–H and O–H groups in total. The summed E-state index contributed by atoms with van der Waals surface area (Å²) in [5.74, 6) is -0.457. The molecular formula is C12H10BrClFN3O. The lowest BCUT2D eigenvalue weighted by atomic mass is 10.2. The zero-order valence-electron chi connectivity index (χ0n) is 9.95. The van der Waals surface area contributed by atoms with Crippen LogP contribution in [0.15, 0.2) is 33.7 Å². The van der Waals surface area contributed by atoms with E-state index in [0.717, 1.165) is 5.56 Å². The summed E-state index contributed by atoms with van der Waals surface area (Å²) in [5.41, 5.74) is 1.14. The van der Waals surface area contributed by atoms with Crippen LogP contribution in [0.4, 0.5) is 10.1 Å². The summed E-state index contributed by atoms with van der Waals surface area (Å²) in [7, 11) is 1.57. The van der Waals surface area contributed by atoms with Crippen LogP contribution in [0.25, 0.3) is 0 Å². The van der Waals surface area contributed by atoms with Crippen molar-refractivity contribution in [1.29, 1.82) is 0 Å². The molecule has 100 valence electrons. The van der Waals surface area contributed by atoms with Crippen molar-refractivity contribution in [1.82, 2.24) is 9.78 Å². The van der Waals surface area contributed by atoms with Gasteiger partial charge in [0, 0.05) is 13.6 Å². The molecule has 0 spiro atoms. The van der Waals surface area contributed by atoms with Crippen molar-refractivity contribution in [2.75, 3.05) is 5.32 Å². The third-order valence-corrected chi connectivity index (χ3v) is 3.60. The summed E-state index contributed by atoms with van der Waals surface area (Å²) in [4.78, 5) is 11.6. The SMILES string of the molecule is Cn1ncc(NCc2ccc(F)c(Cl)c2)c(Br)c1=O. The molecule has 1 aromatic carbocycles. The number of halogens is 3. The summed E-state index contributed by atoms with van der Waals surface area (Å²) >= 11 is 8.90. The van der Waals surface area contributed by atoms with Gasteiger partial charge in [-0.2, -0.15) is 5.10 Å². The minimum atomic E-state index is -0.457. The zero-order chi connectivity index (χ0) is 14.0. The first-order valence-corrected chi connectivity index (χ1v) is 6.55. The van der Waals surface area contributed by atoms with Gasteiger partial charge in [-0.1, -0.05) is 17.7 Å². The molecule has 0 atom stereocenters. The normalized spacial score (nSPS) is 10.5. The van der Waals surface area contributed by atoms with Gasteiger partial charge >= 0.3 is 0 Å². The highest BCUT2D eigenvalue weighted by atomic mass is 79.9. The summed E-state index contributed by atoms with van der Waals surface area (Å²) in [5, 5.41) is 7.02. The quantitative estimate of drug-likeness (QED) is 0.929. The van der Waals surface area contributed by atoms with E-state index in [4.69, 9.17) is 11.6 Å². The molecule has 0 amide bonds. The average molecular weight is 347 g/mol. The summed E-state index contributed by atoms with van der Waals surface area (Å²) in [6.45, 7) is 0.410. The highest BCUT2D eigenvalue weighted by Crippen LogP contribution is 2.19. The molecule has 2 aromatic rings. The first-order chi connectivity index (χ1) is 8.99. The highest BCUT2D eigenvalue weighted by molar-refractivity contribution is 9.10. The van der Waals surface area contributed by atoms with Crippen molar-refractivity contribution in [3.8, 4) is 0 Å². The largest absolute Gasteiger partial charge is 0.379 e. The van der Waals surface area contributed by atoms with Crippen LogP contribution in [-0.4, -0.2) is 9.78 Å². The molecule has 0 saturated carbocycles. The average Bonchev–Trinajstić information content (AvgIpc) is 2.39. The molecule has 7 heteroatoms. The Kier molecular flexibility index (Phi) is 4.21. The number of hydrogen-bond acceptors (Lipinski definition) is 3. The lowest BCUT2D eigenvalue weighted by Gasteiger charge is -2.09. The van der Waals surface area contributed by atoms with E-state index in [9.17, 15) is 9.18 Å². The second-order valence-electron chi connectivity index (χ2n) is 3.90. The molecule has 0 unspecified atom stereocenters. The topological polar surface area (TPSA) is 46.9 Å². The molecule has 0 bridgehead atoms. The van der Waals surface area contributed by atoms with Crippen LogP contribution >= 0.6 is 27.5 Å². The molecule has 1 heterocycles. The van der Waals surface area contributed by atoms with Crippen molar-refractivity contribution in [3.63, 3.8) is 0 Å². The van der Waals surface area contributed by atoms with E-state index in [-0.39, 0.29) is 10.6 Å². The van der Waals surface area contributed by atoms with Gasteiger partial charge in [-0.3, -0.25) is 4.79 Å².